The molecule has 2 amide bonds. The fourth-order valence-corrected chi connectivity index (χ4v) is 4.71. The average Bonchev–Trinajstić information content (AvgIpc) is 3.06. The van der Waals surface area contributed by atoms with Gasteiger partial charge >= 0.3 is 0 Å². The number of rotatable bonds is 2. The number of hydrogen-bond acceptors (Lipinski definition) is 6. The highest BCUT2D eigenvalue weighted by Crippen LogP contribution is 2.36. The van der Waals surface area contributed by atoms with Crippen molar-refractivity contribution >= 4 is 28.3 Å². The molecule has 2 aliphatic rings. The van der Waals surface area contributed by atoms with Crippen LogP contribution < -0.4 is 10.1 Å². The minimum Gasteiger partial charge on any atom is -0.485 e. The summed E-state index contributed by atoms with van der Waals surface area (Å²) < 4.78 is 6.57. The number of aryl methyl sites for hydroxylation is 1. The molecule has 0 atom stereocenters. The SMILES string of the molecule is CC(=O)Nc1nc(C(=O)N2Cc3cc(C)ccc3OC3(CCN(C)CC3)C2)cs1. The van der Waals surface area contributed by atoms with E-state index in [-0.39, 0.29) is 17.4 Å². The lowest BCUT2D eigenvalue weighted by molar-refractivity contribution is -0.114. The number of carbonyl (C=O) groups excluding carboxylic acids is 2. The van der Waals surface area contributed by atoms with Crippen molar-refractivity contribution in [2.24, 2.45) is 0 Å². The Kier molecular flexibility index (Phi) is 5.31. The summed E-state index contributed by atoms with van der Waals surface area (Å²) in [7, 11) is 2.11. The van der Waals surface area contributed by atoms with Gasteiger partial charge < -0.3 is 19.9 Å². The van der Waals surface area contributed by atoms with Gasteiger partial charge in [0.05, 0.1) is 6.54 Å². The summed E-state index contributed by atoms with van der Waals surface area (Å²) >= 11 is 1.26. The highest BCUT2D eigenvalue weighted by molar-refractivity contribution is 7.14. The molecule has 8 heteroatoms. The number of fused-ring (bicyclic) bond motifs is 1. The first kappa shape index (κ1) is 19.8. The zero-order valence-corrected chi connectivity index (χ0v) is 17.8. The van der Waals surface area contributed by atoms with Crippen molar-refractivity contribution < 1.29 is 14.3 Å². The van der Waals surface area contributed by atoms with E-state index in [1.807, 2.05) is 17.9 Å². The van der Waals surface area contributed by atoms with Gasteiger partial charge in [-0.2, -0.15) is 0 Å². The minimum atomic E-state index is -0.390. The van der Waals surface area contributed by atoms with Gasteiger partial charge in [-0.3, -0.25) is 9.59 Å². The van der Waals surface area contributed by atoms with Crippen LogP contribution in [0, 0.1) is 6.92 Å². The molecule has 2 aliphatic heterocycles. The average molecular weight is 415 g/mol. The molecule has 0 saturated carbocycles. The molecule has 154 valence electrons. The quantitative estimate of drug-likeness (QED) is 0.818. The Morgan fingerprint density at radius 2 is 2.03 bits per heavy atom. The molecule has 1 aromatic carbocycles. The molecule has 0 radical (unpaired) electrons. The number of amides is 2. The van der Waals surface area contributed by atoms with Gasteiger partial charge in [-0.25, -0.2) is 4.98 Å². The maximum absolute atomic E-state index is 13.3. The van der Waals surface area contributed by atoms with E-state index in [9.17, 15) is 9.59 Å². The van der Waals surface area contributed by atoms with Crippen LogP contribution in [0.2, 0.25) is 0 Å². The van der Waals surface area contributed by atoms with Crippen molar-refractivity contribution in [3.63, 3.8) is 0 Å². The number of nitrogens with one attached hydrogen (secondary N) is 1. The number of thiazole rings is 1. The van der Waals surface area contributed by atoms with Gasteiger partial charge in [-0.05, 0) is 20.0 Å². The summed E-state index contributed by atoms with van der Waals surface area (Å²) in [4.78, 5) is 33.1. The summed E-state index contributed by atoms with van der Waals surface area (Å²) in [6.07, 6.45) is 1.74. The van der Waals surface area contributed by atoms with Gasteiger partial charge in [-0.15, -0.1) is 11.3 Å². The van der Waals surface area contributed by atoms with Crippen LogP contribution in [-0.2, 0) is 11.3 Å². The lowest BCUT2D eigenvalue weighted by Gasteiger charge is -2.41. The number of carbonyl (C=O) groups is 2. The van der Waals surface area contributed by atoms with E-state index < -0.39 is 0 Å². The van der Waals surface area contributed by atoms with Gasteiger partial charge in [0, 0.05) is 50.3 Å². The highest BCUT2D eigenvalue weighted by Gasteiger charge is 2.41. The largest absolute Gasteiger partial charge is 0.485 e. The van der Waals surface area contributed by atoms with E-state index in [1.165, 1.54) is 18.3 Å². The standard InChI is InChI=1S/C21H26N4O3S/c1-14-4-5-18-16(10-14)11-25(13-21(28-18)6-8-24(3)9-7-21)19(27)17-12-29-20(23-17)22-15(2)26/h4-5,10,12H,6-9,11,13H2,1-3H3,(H,22,23,26). The second-order valence-electron chi connectivity index (χ2n) is 8.08. The van der Waals surface area contributed by atoms with Crippen molar-refractivity contribution in [2.75, 3.05) is 32.0 Å². The van der Waals surface area contributed by atoms with Crippen LogP contribution in [0.3, 0.4) is 0 Å². The molecule has 0 aliphatic carbocycles. The predicted octanol–water partition coefficient (Wildman–Crippen LogP) is 2.91. The zero-order chi connectivity index (χ0) is 20.6. The van der Waals surface area contributed by atoms with Gasteiger partial charge in [-0.1, -0.05) is 17.7 Å². The van der Waals surface area contributed by atoms with Gasteiger partial charge in [0.25, 0.3) is 5.91 Å². The third-order valence-electron chi connectivity index (χ3n) is 5.57. The molecule has 0 unspecified atom stereocenters. The van der Waals surface area contributed by atoms with Gasteiger partial charge in [0.1, 0.15) is 17.0 Å². The third-order valence-corrected chi connectivity index (χ3v) is 6.33. The first-order chi connectivity index (χ1) is 13.8. The van der Waals surface area contributed by atoms with Crippen LogP contribution in [0.4, 0.5) is 5.13 Å². The van der Waals surface area contributed by atoms with E-state index in [0.717, 1.165) is 42.8 Å². The second-order valence-corrected chi connectivity index (χ2v) is 8.94. The predicted molar refractivity (Wildman–Crippen MR) is 112 cm³/mol. The number of aromatic nitrogens is 1. The smallest absolute Gasteiger partial charge is 0.273 e. The van der Waals surface area contributed by atoms with E-state index in [1.54, 1.807) is 5.38 Å². The zero-order valence-electron chi connectivity index (χ0n) is 17.0. The molecule has 7 nitrogen and oxygen atoms in total. The van der Waals surface area contributed by atoms with Crippen molar-refractivity contribution in [2.45, 2.75) is 38.8 Å². The number of hydrogen-bond donors (Lipinski definition) is 1. The topological polar surface area (TPSA) is 74.8 Å². The van der Waals surface area contributed by atoms with Crippen LogP contribution in [-0.4, -0.2) is 58.9 Å². The Morgan fingerprint density at radius 1 is 1.28 bits per heavy atom. The van der Waals surface area contributed by atoms with Crippen LogP contribution in [0.25, 0.3) is 0 Å². The Hall–Kier alpha value is -2.45. The molecular formula is C21H26N4O3S. The summed E-state index contributed by atoms with van der Waals surface area (Å²) in [5.74, 6) is 0.540. The number of benzene rings is 1. The molecule has 4 rings (SSSR count). The third kappa shape index (κ3) is 4.28. The van der Waals surface area contributed by atoms with Crippen LogP contribution >= 0.6 is 11.3 Å². The van der Waals surface area contributed by atoms with Crippen molar-refractivity contribution in [1.29, 1.82) is 0 Å². The van der Waals surface area contributed by atoms with Crippen molar-refractivity contribution in [3.8, 4) is 5.75 Å². The summed E-state index contributed by atoms with van der Waals surface area (Å²) in [6, 6.07) is 6.17. The van der Waals surface area contributed by atoms with Gasteiger partial charge in [0.2, 0.25) is 5.91 Å². The van der Waals surface area contributed by atoms with Gasteiger partial charge in [0.15, 0.2) is 5.13 Å². The first-order valence-electron chi connectivity index (χ1n) is 9.83. The normalized spacial score (nSPS) is 18.7. The van der Waals surface area contributed by atoms with E-state index in [2.05, 4.69) is 34.4 Å². The fourth-order valence-electron chi connectivity index (χ4n) is 3.98. The molecule has 29 heavy (non-hydrogen) atoms. The van der Waals surface area contributed by atoms with Crippen molar-refractivity contribution in [3.05, 3.63) is 40.4 Å². The van der Waals surface area contributed by atoms with E-state index in [4.69, 9.17) is 4.74 Å². The number of piperidine rings is 1. The first-order valence-corrected chi connectivity index (χ1v) is 10.7. The molecule has 3 heterocycles. The highest BCUT2D eigenvalue weighted by atomic mass is 32.1. The molecule has 0 bridgehead atoms. The maximum Gasteiger partial charge on any atom is 0.273 e. The lowest BCUT2D eigenvalue weighted by atomic mass is 9.90. The number of ether oxygens (including phenoxy) is 1. The van der Waals surface area contributed by atoms with Crippen LogP contribution in [0.15, 0.2) is 23.6 Å². The Morgan fingerprint density at radius 3 is 2.76 bits per heavy atom. The number of likely N-dealkylation sites (tertiary alicyclic amines) is 1. The molecule has 1 saturated heterocycles. The summed E-state index contributed by atoms with van der Waals surface area (Å²) in [6.45, 7) is 6.36. The summed E-state index contributed by atoms with van der Waals surface area (Å²) in [5.41, 5.74) is 2.13. The number of anilines is 1. The van der Waals surface area contributed by atoms with Crippen LogP contribution in [0.5, 0.6) is 5.75 Å². The molecule has 2 aromatic rings. The molecule has 1 fully saturated rings. The Labute approximate surface area is 174 Å². The molecular weight excluding hydrogens is 388 g/mol. The monoisotopic (exact) mass is 414 g/mol. The summed E-state index contributed by atoms with van der Waals surface area (Å²) in [5, 5.41) is 4.80. The van der Waals surface area contributed by atoms with Crippen molar-refractivity contribution in [1.82, 2.24) is 14.8 Å². The molecule has 1 spiro atoms. The fraction of sp³-hybridized carbons (Fsp3) is 0.476. The lowest BCUT2D eigenvalue weighted by Crippen LogP contribution is -2.53. The maximum atomic E-state index is 13.3. The second kappa shape index (κ2) is 7.76. The van der Waals surface area contributed by atoms with Crippen LogP contribution in [0.1, 0.15) is 41.4 Å². The minimum absolute atomic E-state index is 0.130. The Balaban J connectivity index is 1.65. The molecule has 1 N–H and O–H groups in total. The Bertz CT molecular complexity index is 934. The number of nitrogens with zero attached hydrogens (tertiary/aromatic N) is 3. The molecule has 1 aromatic heterocycles. The van der Waals surface area contributed by atoms with E-state index in [0.29, 0.717) is 23.9 Å². The van der Waals surface area contributed by atoms with E-state index >= 15 is 0 Å².